The quantitative estimate of drug-likeness (QED) is 0.733. The fraction of sp³-hybridized carbons (Fsp3) is 0.200. The molecule has 0 saturated carbocycles. The van der Waals surface area contributed by atoms with Crippen LogP contribution in [0.5, 0.6) is 0 Å². The van der Waals surface area contributed by atoms with Crippen molar-refractivity contribution in [2.45, 2.75) is 13.8 Å². The van der Waals surface area contributed by atoms with E-state index in [1.54, 1.807) is 13.0 Å². The van der Waals surface area contributed by atoms with Gasteiger partial charge in [0.25, 0.3) is 5.56 Å². The molecule has 0 spiro atoms. The van der Waals surface area contributed by atoms with Gasteiger partial charge in [-0.25, -0.2) is 9.97 Å². The largest absolute Gasteiger partial charge is 0.311 e. The summed E-state index contributed by atoms with van der Waals surface area (Å²) in [6.45, 7) is 3.09. The molecule has 0 radical (unpaired) electrons. The molecule has 0 unspecified atom stereocenters. The van der Waals surface area contributed by atoms with Gasteiger partial charge in [0.2, 0.25) is 5.91 Å². The Labute approximate surface area is 90.7 Å². The van der Waals surface area contributed by atoms with Crippen molar-refractivity contribution < 1.29 is 4.79 Å². The summed E-state index contributed by atoms with van der Waals surface area (Å²) < 4.78 is 0. The van der Waals surface area contributed by atoms with Crippen LogP contribution in [0.3, 0.4) is 0 Å². The zero-order valence-electron chi connectivity index (χ0n) is 8.87. The first-order valence-electron chi connectivity index (χ1n) is 4.70. The van der Waals surface area contributed by atoms with Crippen LogP contribution in [0.1, 0.15) is 12.7 Å². The lowest BCUT2D eigenvalue weighted by molar-refractivity contribution is -0.114. The number of nitrogens with zero attached hydrogens (tertiary/aromatic N) is 2. The summed E-state index contributed by atoms with van der Waals surface area (Å²) in [5, 5.41) is 2.94. The molecule has 1 amide bonds. The van der Waals surface area contributed by atoms with Crippen molar-refractivity contribution in [1.82, 2.24) is 15.0 Å². The van der Waals surface area contributed by atoms with Gasteiger partial charge in [0, 0.05) is 19.2 Å². The van der Waals surface area contributed by atoms with Crippen LogP contribution in [0, 0.1) is 6.92 Å². The Kier molecular flexibility index (Phi) is 2.40. The first kappa shape index (κ1) is 10.3. The molecule has 0 aromatic carbocycles. The third-order valence-electron chi connectivity index (χ3n) is 2.01. The van der Waals surface area contributed by atoms with Crippen LogP contribution in [0.2, 0.25) is 0 Å². The van der Waals surface area contributed by atoms with Crippen molar-refractivity contribution in [2.24, 2.45) is 0 Å². The van der Waals surface area contributed by atoms with Crippen molar-refractivity contribution in [3.05, 3.63) is 28.4 Å². The Morgan fingerprint density at radius 1 is 1.50 bits per heavy atom. The van der Waals surface area contributed by atoms with Gasteiger partial charge < -0.3 is 10.3 Å². The molecule has 0 bridgehead atoms. The topological polar surface area (TPSA) is 87.7 Å². The van der Waals surface area contributed by atoms with Crippen LogP contribution < -0.4 is 10.9 Å². The molecule has 6 heteroatoms. The summed E-state index contributed by atoms with van der Waals surface area (Å²) in [4.78, 5) is 33.0. The second kappa shape index (κ2) is 3.73. The Morgan fingerprint density at radius 3 is 2.94 bits per heavy atom. The molecule has 16 heavy (non-hydrogen) atoms. The second-order valence-electron chi connectivity index (χ2n) is 3.42. The normalized spacial score (nSPS) is 10.4. The first-order valence-corrected chi connectivity index (χ1v) is 4.70. The second-order valence-corrected chi connectivity index (χ2v) is 3.42. The number of anilines is 1. The van der Waals surface area contributed by atoms with E-state index in [1.165, 1.54) is 13.1 Å². The number of hydrogen-bond donors (Lipinski definition) is 2. The first-order chi connectivity index (χ1) is 7.56. The van der Waals surface area contributed by atoms with Gasteiger partial charge in [-0.2, -0.15) is 0 Å². The number of pyridine rings is 1. The van der Waals surface area contributed by atoms with Crippen molar-refractivity contribution in [3.63, 3.8) is 0 Å². The number of aromatic nitrogens is 3. The van der Waals surface area contributed by atoms with E-state index in [0.29, 0.717) is 22.5 Å². The zero-order chi connectivity index (χ0) is 11.7. The fourth-order valence-corrected chi connectivity index (χ4v) is 1.40. The lowest BCUT2D eigenvalue weighted by atomic mass is 10.3. The van der Waals surface area contributed by atoms with Crippen molar-refractivity contribution >= 4 is 22.6 Å². The highest BCUT2D eigenvalue weighted by Crippen LogP contribution is 2.10. The predicted molar refractivity (Wildman–Crippen MR) is 59.2 cm³/mol. The Morgan fingerprint density at radius 2 is 2.25 bits per heavy atom. The lowest BCUT2D eigenvalue weighted by Gasteiger charge is -2.02. The number of aromatic amines is 1. The third-order valence-corrected chi connectivity index (χ3v) is 2.01. The maximum absolute atomic E-state index is 11.5. The molecular weight excluding hydrogens is 208 g/mol. The smallest absolute Gasteiger partial charge is 0.260 e. The minimum absolute atomic E-state index is 0.214. The van der Waals surface area contributed by atoms with Crippen LogP contribution in [0.15, 0.2) is 17.1 Å². The number of fused-ring (bicyclic) bond motifs is 1. The summed E-state index contributed by atoms with van der Waals surface area (Å²) >= 11 is 0. The average molecular weight is 218 g/mol. The maximum Gasteiger partial charge on any atom is 0.260 e. The fourth-order valence-electron chi connectivity index (χ4n) is 1.40. The number of carbonyl (C=O) groups excluding carboxylic acids is 1. The number of aryl methyl sites for hydroxylation is 1. The van der Waals surface area contributed by atoms with Crippen molar-refractivity contribution in [3.8, 4) is 0 Å². The van der Waals surface area contributed by atoms with Crippen molar-refractivity contribution in [2.75, 3.05) is 5.32 Å². The summed E-state index contributed by atoms with van der Waals surface area (Å²) in [5.41, 5.74) is 0.282. The molecule has 0 aliphatic rings. The Balaban J connectivity index is 2.61. The van der Waals surface area contributed by atoms with Gasteiger partial charge in [0.05, 0.1) is 10.9 Å². The molecule has 0 fully saturated rings. The highest BCUT2D eigenvalue weighted by molar-refractivity contribution is 5.90. The molecule has 6 nitrogen and oxygen atoms in total. The molecule has 0 aliphatic heterocycles. The number of carbonyl (C=O) groups is 1. The van der Waals surface area contributed by atoms with E-state index >= 15 is 0 Å². The summed E-state index contributed by atoms with van der Waals surface area (Å²) in [5.74, 6) is 0.698. The third kappa shape index (κ3) is 1.90. The number of nitrogens with one attached hydrogen (secondary N) is 2. The van der Waals surface area contributed by atoms with Gasteiger partial charge in [-0.3, -0.25) is 9.59 Å². The highest BCUT2D eigenvalue weighted by Gasteiger charge is 2.04. The zero-order valence-corrected chi connectivity index (χ0v) is 8.87. The predicted octanol–water partition coefficient (Wildman–Crippen LogP) is 0.585. The van der Waals surface area contributed by atoms with Gasteiger partial charge in [-0.05, 0) is 6.92 Å². The molecule has 2 N–H and O–H groups in total. The highest BCUT2D eigenvalue weighted by atomic mass is 16.1. The van der Waals surface area contributed by atoms with Crippen LogP contribution >= 0.6 is 0 Å². The van der Waals surface area contributed by atoms with E-state index in [-0.39, 0.29) is 11.5 Å². The van der Waals surface area contributed by atoms with Gasteiger partial charge in [-0.1, -0.05) is 0 Å². The number of amides is 1. The molecule has 2 heterocycles. The van der Waals surface area contributed by atoms with E-state index in [1.807, 2.05) is 0 Å². The SMILES string of the molecule is CC(=O)Nc1cc2nc(C)[nH]c(=O)c2cn1. The molecule has 2 rings (SSSR count). The van der Waals surface area contributed by atoms with E-state index in [2.05, 4.69) is 20.3 Å². The molecular formula is C10H10N4O2. The van der Waals surface area contributed by atoms with Crippen LogP contribution in [0.25, 0.3) is 10.9 Å². The lowest BCUT2D eigenvalue weighted by Crippen LogP contribution is -2.12. The molecule has 0 saturated heterocycles. The minimum atomic E-state index is -0.232. The number of hydrogen-bond acceptors (Lipinski definition) is 4. The average Bonchev–Trinajstić information content (AvgIpc) is 2.15. The molecule has 82 valence electrons. The number of H-pyrrole nitrogens is 1. The minimum Gasteiger partial charge on any atom is -0.311 e. The Bertz CT molecular complexity index is 618. The van der Waals surface area contributed by atoms with Crippen LogP contribution in [-0.2, 0) is 4.79 Å². The van der Waals surface area contributed by atoms with Gasteiger partial charge in [-0.15, -0.1) is 0 Å². The van der Waals surface area contributed by atoms with E-state index in [4.69, 9.17) is 0 Å². The van der Waals surface area contributed by atoms with Crippen molar-refractivity contribution in [1.29, 1.82) is 0 Å². The van der Waals surface area contributed by atoms with Crippen LogP contribution in [0.4, 0.5) is 5.82 Å². The summed E-state index contributed by atoms with van der Waals surface area (Å²) in [7, 11) is 0. The maximum atomic E-state index is 11.5. The molecule has 0 atom stereocenters. The van der Waals surface area contributed by atoms with E-state index < -0.39 is 0 Å². The Hall–Kier alpha value is -2.24. The molecule has 2 aromatic heterocycles. The number of rotatable bonds is 1. The van der Waals surface area contributed by atoms with Gasteiger partial charge >= 0.3 is 0 Å². The summed E-state index contributed by atoms with van der Waals surface area (Å²) in [6.07, 6.45) is 1.39. The summed E-state index contributed by atoms with van der Waals surface area (Å²) in [6, 6.07) is 1.57. The molecule has 2 aromatic rings. The standard InChI is InChI=1S/C10H10N4O2/c1-5-12-8-3-9(14-6(2)15)11-4-7(8)10(16)13-5/h3-4H,1-2H3,(H,11,14,15)(H,12,13,16). The monoisotopic (exact) mass is 218 g/mol. The van der Waals surface area contributed by atoms with Crippen LogP contribution in [-0.4, -0.2) is 20.9 Å². The van der Waals surface area contributed by atoms with Gasteiger partial charge in [0.15, 0.2) is 0 Å². The van der Waals surface area contributed by atoms with E-state index in [0.717, 1.165) is 0 Å². The van der Waals surface area contributed by atoms with Gasteiger partial charge in [0.1, 0.15) is 11.6 Å². The molecule has 0 aliphatic carbocycles. The van der Waals surface area contributed by atoms with E-state index in [9.17, 15) is 9.59 Å².